The van der Waals surface area contributed by atoms with Gasteiger partial charge in [0.1, 0.15) is 17.1 Å². The van der Waals surface area contributed by atoms with Crippen LogP contribution in [0, 0.1) is 6.92 Å². The summed E-state index contributed by atoms with van der Waals surface area (Å²) in [4.78, 5) is 24.2. The number of carbonyl (C=O) groups excluding carboxylic acids is 1. The number of alkyl halides is 3. The van der Waals surface area contributed by atoms with Crippen molar-refractivity contribution in [3.63, 3.8) is 0 Å². The van der Waals surface area contributed by atoms with Gasteiger partial charge in [-0.1, -0.05) is 5.16 Å². The van der Waals surface area contributed by atoms with Crippen molar-refractivity contribution in [2.75, 3.05) is 43.4 Å². The van der Waals surface area contributed by atoms with Crippen LogP contribution in [0.2, 0.25) is 0 Å². The van der Waals surface area contributed by atoms with Gasteiger partial charge in [-0.05, 0) is 50.4 Å². The normalized spacial score (nSPS) is 15.1. The third-order valence-corrected chi connectivity index (χ3v) is 6.12. The van der Waals surface area contributed by atoms with Crippen LogP contribution in [0.25, 0.3) is 22.4 Å². The van der Waals surface area contributed by atoms with E-state index in [-0.39, 0.29) is 5.91 Å². The minimum atomic E-state index is -4.49. The largest absolute Gasteiger partial charge is 0.416 e. The molecule has 2 aromatic heterocycles. The molecule has 1 aliphatic rings. The van der Waals surface area contributed by atoms with E-state index in [1.807, 2.05) is 11.9 Å². The maximum absolute atomic E-state index is 13.7. The van der Waals surface area contributed by atoms with Crippen molar-refractivity contribution in [1.82, 2.24) is 20.0 Å². The van der Waals surface area contributed by atoms with Gasteiger partial charge in [-0.2, -0.15) is 13.2 Å². The number of rotatable bonds is 4. The lowest BCUT2D eigenvalue weighted by Gasteiger charge is -2.34. The maximum atomic E-state index is 13.7. The van der Waals surface area contributed by atoms with Crippen LogP contribution >= 0.6 is 0 Å². The number of anilines is 2. The first kappa shape index (κ1) is 22.9. The second kappa shape index (κ2) is 8.73. The fourth-order valence-corrected chi connectivity index (χ4v) is 4.09. The summed E-state index contributed by atoms with van der Waals surface area (Å²) in [5.74, 6) is 0.333. The number of likely N-dealkylation sites (N-methyl/N-ethyl adjacent to an activating group) is 1. The predicted octanol–water partition coefficient (Wildman–Crippen LogP) is 4.55. The Morgan fingerprint density at radius 2 is 1.89 bits per heavy atom. The van der Waals surface area contributed by atoms with E-state index in [1.165, 1.54) is 12.3 Å². The fourth-order valence-electron chi connectivity index (χ4n) is 4.09. The van der Waals surface area contributed by atoms with Gasteiger partial charge >= 0.3 is 6.18 Å². The summed E-state index contributed by atoms with van der Waals surface area (Å²) < 4.78 is 46.0. The molecule has 0 bridgehead atoms. The minimum absolute atomic E-state index is 0.313. The smallest absolute Gasteiger partial charge is 0.369 e. The molecular formula is C24H23F3N6O2. The number of hydrogen-bond donors (Lipinski definition) is 2. The van der Waals surface area contributed by atoms with Crippen LogP contribution in [0.4, 0.5) is 24.5 Å². The highest BCUT2D eigenvalue weighted by atomic mass is 19.4. The molecule has 5 rings (SSSR count). The maximum Gasteiger partial charge on any atom is 0.416 e. The molecule has 0 radical (unpaired) electrons. The van der Waals surface area contributed by atoms with Crippen LogP contribution in [0.1, 0.15) is 21.7 Å². The molecule has 3 heterocycles. The number of benzene rings is 2. The first-order chi connectivity index (χ1) is 16.7. The van der Waals surface area contributed by atoms with Gasteiger partial charge in [0.25, 0.3) is 5.91 Å². The second-order valence-corrected chi connectivity index (χ2v) is 8.62. The Hall–Kier alpha value is -3.86. The lowest BCUT2D eigenvalue weighted by Crippen LogP contribution is -2.44. The van der Waals surface area contributed by atoms with Crippen molar-refractivity contribution >= 4 is 28.3 Å². The lowest BCUT2D eigenvalue weighted by molar-refractivity contribution is -0.137. The van der Waals surface area contributed by atoms with Crippen LogP contribution in [0.15, 0.2) is 47.1 Å². The summed E-state index contributed by atoms with van der Waals surface area (Å²) in [6, 6.07) is 9.09. The third kappa shape index (κ3) is 4.72. The van der Waals surface area contributed by atoms with E-state index in [2.05, 4.69) is 25.3 Å². The molecule has 0 spiro atoms. The van der Waals surface area contributed by atoms with Crippen LogP contribution < -0.4 is 10.2 Å². The van der Waals surface area contributed by atoms with E-state index < -0.39 is 11.7 Å². The number of nitrogens with one attached hydrogen (secondary N) is 2. The standard InChI is InChI=1S/C24H23F3N6O2/c1-14-19(13-28-35-14)23(34)29-17-3-4-20-21(12-17)31-22(30-20)15-9-16(24(25,26)27)11-18(10-15)33-7-5-32(2)6-8-33/h3-4,9-13H,5-8H2,1-2H3,(H,29,34)(H,30,31). The minimum Gasteiger partial charge on any atom is -0.369 e. The predicted molar refractivity (Wildman–Crippen MR) is 125 cm³/mol. The highest BCUT2D eigenvalue weighted by Crippen LogP contribution is 2.36. The van der Waals surface area contributed by atoms with Crippen molar-refractivity contribution in [3.8, 4) is 11.4 Å². The topological polar surface area (TPSA) is 90.3 Å². The number of H-pyrrole nitrogens is 1. The number of piperazine rings is 1. The van der Waals surface area contributed by atoms with E-state index in [1.54, 1.807) is 31.2 Å². The van der Waals surface area contributed by atoms with Gasteiger partial charge in [-0.3, -0.25) is 4.79 Å². The number of imidazole rings is 1. The van der Waals surface area contributed by atoms with E-state index >= 15 is 0 Å². The summed E-state index contributed by atoms with van der Waals surface area (Å²) in [7, 11) is 1.99. The molecule has 11 heteroatoms. The van der Waals surface area contributed by atoms with Crippen molar-refractivity contribution in [1.29, 1.82) is 0 Å². The zero-order valence-corrected chi connectivity index (χ0v) is 19.1. The zero-order chi connectivity index (χ0) is 24.7. The summed E-state index contributed by atoms with van der Waals surface area (Å²) in [5.41, 5.74) is 2.09. The number of amides is 1. The summed E-state index contributed by atoms with van der Waals surface area (Å²) in [6.07, 6.45) is -3.15. The summed E-state index contributed by atoms with van der Waals surface area (Å²) in [6.45, 7) is 4.48. The first-order valence-electron chi connectivity index (χ1n) is 11.1. The molecule has 0 aliphatic carbocycles. The SMILES string of the molecule is Cc1oncc1C(=O)Nc1ccc2[nH]c(-c3cc(N4CCN(C)CC4)cc(C(F)(F)F)c3)nc2c1. The number of halogens is 3. The van der Waals surface area contributed by atoms with Crippen LogP contribution in [0.5, 0.6) is 0 Å². The summed E-state index contributed by atoms with van der Waals surface area (Å²) in [5, 5.41) is 6.36. The molecule has 2 aromatic carbocycles. The van der Waals surface area contributed by atoms with Crippen LogP contribution in [-0.4, -0.2) is 59.2 Å². The molecule has 182 valence electrons. The molecule has 4 aromatic rings. The molecule has 1 fully saturated rings. The lowest BCUT2D eigenvalue weighted by atomic mass is 10.1. The van der Waals surface area contributed by atoms with Crippen molar-refractivity contribution in [2.45, 2.75) is 13.1 Å². The highest BCUT2D eigenvalue weighted by molar-refractivity contribution is 6.05. The van der Waals surface area contributed by atoms with E-state index in [9.17, 15) is 18.0 Å². The van der Waals surface area contributed by atoms with Crippen molar-refractivity contribution < 1.29 is 22.5 Å². The number of aromatic nitrogens is 3. The summed E-state index contributed by atoms with van der Waals surface area (Å²) >= 11 is 0. The molecular weight excluding hydrogens is 461 g/mol. The Morgan fingerprint density at radius 3 is 2.57 bits per heavy atom. The third-order valence-electron chi connectivity index (χ3n) is 6.12. The van der Waals surface area contributed by atoms with Gasteiger partial charge in [0, 0.05) is 43.1 Å². The fraction of sp³-hybridized carbons (Fsp3) is 0.292. The van der Waals surface area contributed by atoms with E-state index in [4.69, 9.17) is 4.52 Å². The Balaban J connectivity index is 1.47. The van der Waals surface area contributed by atoms with E-state index in [0.717, 1.165) is 19.2 Å². The van der Waals surface area contributed by atoms with E-state index in [0.29, 0.717) is 58.2 Å². The second-order valence-electron chi connectivity index (χ2n) is 8.62. The Bertz CT molecular complexity index is 1390. The Kier molecular flexibility index (Phi) is 5.72. The molecule has 0 atom stereocenters. The molecule has 8 nitrogen and oxygen atoms in total. The zero-order valence-electron chi connectivity index (χ0n) is 19.1. The highest BCUT2D eigenvalue weighted by Gasteiger charge is 2.32. The molecule has 1 amide bonds. The quantitative estimate of drug-likeness (QED) is 0.442. The number of nitrogens with zero attached hydrogens (tertiary/aromatic N) is 4. The van der Waals surface area contributed by atoms with Gasteiger partial charge in [0.15, 0.2) is 0 Å². The van der Waals surface area contributed by atoms with Crippen LogP contribution in [-0.2, 0) is 6.18 Å². The molecule has 1 aliphatic heterocycles. The molecule has 35 heavy (non-hydrogen) atoms. The average molecular weight is 484 g/mol. The first-order valence-corrected chi connectivity index (χ1v) is 11.1. The van der Waals surface area contributed by atoms with Gasteiger partial charge in [-0.25, -0.2) is 4.98 Å². The van der Waals surface area contributed by atoms with Gasteiger partial charge in [0.05, 0.1) is 22.8 Å². The van der Waals surface area contributed by atoms with Crippen molar-refractivity contribution in [3.05, 3.63) is 59.5 Å². The number of hydrogen-bond acceptors (Lipinski definition) is 6. The molecule has 0 unspecified atom stereocenters. The van der Waals surface area contributed by atoms with Gasteiger partial charge in [-0.15, -0.1) is 0 Å². The molecule has 0 saturated carbocycles. The van der Waals surface area contributed by atoms with Crippen LogP contribution in [0.3, 0.4) is 0 Å². The number of fused-ring (bicyclic) bond motifs is 1. The average Bonchev–Trinajstić information content (AvgIpc) is 3.44. The number of aryl methyl sites for hydroxylation is 1. The monoisotopic (exact) mass is 484 g/mol. The Morgan fingerprint density at radius 1 is 1.11 bits per heavy atom. The van der Waals surface area contributed by atoms with Gasteiger partial charge < -0.3 is 24.6 Å². The molecule has 2 N–H and O–H groups in total. The van der Waals surface area contributed by atoms with Crippen molar-refractivity contribution in [2.24, 2.45) is 0 Å². The number of aromatic amines is 1. The molecule has 1 saturated heterocycles. The number of carbonyl (C=O) groups is 1. The Labute approximate surface area is 198 Å². The van der Waals surface area contributed by atoms with Gasteiger partial charge in [0.2, 0.25) is 0 Å².